The first-order chi connectivity index (χ1) is 11.6. The molecule has 1 aliphatic rings. The van der Waals surface area contributed by atoms with Crippen molar-refractivity contribution < 1.29 is 14.3 Å². The molecule has 5 nitrogen and oxygen atoms in total. The number of pyridine rings is 1. The number of nitrogens with one attached hydrogen (secondary N) is 1. The number of aryl methyl sites for hydroxylation is 2. The number of ether oxygens (including phenoxy) is 2. The minimum Gasteiger partial charge on any atom is -0.489 e. The Labute approximate surface area is 142 Å². The number of carbonyl (C=O) groups excluding carboxylic acids is 1. The highest BCUT2D eigenvalue weighted by Gasteiger charge is 2.17. The van der Waals surface area contributed by atoms with Gasteiger partial charge in [0.2, 0.25) is 0 Å². The van der Waals surface area contributed by atoms with Gasteiger partial charge in [-0.05, 0) is 56.5 Å². The SMILES string of the molecule is Cc1ccc(NC(=O)c2ccc(C)nc2)c(OCC2CCCO2)c1. The van der Waals surface area contributed by atoms with E-state index in [9.17, 15) is 4.79 Å². The van der Waals surface area contributed by atoms with Crippen LogP contribution in [0.5, 0.6) is 5.75 Å². The summed E-state index contributed by atoms with van der Waals surface area (Å²) in [6.45, 7) is 5.18. The fourth-order valence-electron chi connectivity index (χ4n) is 2.61. The van der Waals surface area contributed by atoms with Crippen LogP contribution in [0.2, 0.25) is 0 Å². The van der Waals surface area contributed by atoms with Crippen molar-refractivity contribution in [1.82, 2.24) is 4.98 Å². The van der Waals surface area contributed by atoms with Gasteiger partial charge in [-0.1, -0.05) is 6.07 Å². The van der Waals surface area contributed by atoms with Gasteiger partial charge >= 0.3 is 0 Å². The fourth-order valence-corrected chi connectivity index (χ4v) is 2.61. The van der Waals surface area contributed by atoms with E-state index >= 15 is 0 Å². The number of carbonyl (C=O) groups is 1. The molecule has 2 heterocycles. The maximum absolute atomic E-state index is 12.4. The van der Waals surface area contributed by atoms with Gasteiger partial charge in [0.05, 0.1) is 17.4 Å². The van der Waals surface area contributed by atoms with Gasteiger partial charge in [0.1, 0.15) is 12.4 Å². The van der Waals surface area contributed by atoms with Gasteiger partial charge in [0, 0.05) is 18.5 Å². The molecule has 2 aromatic rings. The highest BCUT2D eigenvalue weighted by Crippen LogP contribution is 2.27. The van der Waals surface area contributed by atoms with Crippen molar-refractivity contribution >= 4 is 11.6 Å². The Bertz CT molecular complexity index is 707. The quantitative estimate of drug-likeness (QED) is 0.913. The predicted molar refractivity (Wildman–Crippen MR) is 92.6 cm³/mol. The molecule has 0 saturated carbocycles. The highest BCUT2D eigenvalue weighted by molar-refractivity contribution is 6.04. The Hall–Kier alpha value is -2.40. The summed E-state index contributed by atoms with van der Waals surface area (Å²) in [4.78, 5) is 16.6. The molecular formula is C19H22N2O3. The molecule has 0 aliphatic carbocycles. The van der Waals surface area contributed by atoms with E-state index < -0.39 is 0 Å². The third-order valence-corrected chi connectivity index (χ3v) is 4.01. The molecular weight excluding hydrogens is 304 g/mol. The number of anilines is 1. The zero-order valence-corrected chi connectivity index (χ0v) is 14.0. The molecule has 3 rings (SSSR count). The summed E-state index contributed by atoms with van der Waals surface area (Å²) in [5, 5.41) is 2.90. The lowest BCUT2D eigenvalue weighted by atomic mass is 10.2. The van der Waals surface area contributed by atoms with Crippen LogP contribution in [0.3, 0.4) is 0 Å². The Morgan fingerprint density at radius 3 is 2.92 bits per heavy atom. The number of benzene rings is 1. The number of rotatable bonds is 5. The molecule has 5 heteroatoms. The summed E-state index contributed by atoms with van der Waals surface area (Å²) in [7, 11) is 0. The molecule has 1 N–H and O–H groups in total. The molecule has 126 valence electrons. The van der Waals surface area contributed by atoms with E-state index in [0.29, 0.717) is 23.6 Å². The van der Waals surface area contributed by atoms with Crippen LogP contribution in [-0.2, 0) is 4.74 Å². The molecule has 1 aromatic heterocycles. The van der Waals surface area contributed by atoms with Crippen LogP contribution < -0.4 is 10.1 Å². The zero-order chi connectivity index (χ0) is 16.9. The molecule has 1 amide bonds. The minimum atomic E-state index is -0.201. The van der Waals surface area contributed by atoms with Gasteiger partial charge in [0.15, 0.2) is 0 Å². The maximum Gasteiger partial charge on any atom is 0.257 e. The van der Waals surface area contributed by atoms with Crippen LogP contribution in [0, 0.1) is 13.8 Å². The summed E-state index contributed by atoms with van der Waals surface area (Å²) in [5.74, 6) is 0.465. The van der Waals surface area contributed by atoms with Crippen molar-refractivity contribution in [2.45, 2.75) is 32.8 Å². The van der Waals surface area contributed by atoms with Crippen molar-refractivity contribution in [3.8, 4) is 5.75 Å². The molecule has 0 bridgehead atoms. The second-order valence-electron chi connectivity index (χ2n) is 6.09. The molecule has 1 aromatic carbocycles. The Morgan fingerprint density at radius 2 is 2.21 bits per heavy atom. The lowest BCUT2D eigenvalue weighted by Crippen LogP contribution is -2.18. The van der Waals surface area contributed by atoms with E-state index in [1.54, 1.807) is 12.3 Å². The lowest BCUT2D eigenvalue weighted by Gasteiger charge is -2.16. The van der Waals surface area contributed by atoms with Crippen LogP contribution in [0.4, 0.5) is 5.69 Å². The molecule has 1 saturated heterocycles. The average molecular weight is 326 g/mol. The fraction of sp³-hybridized carbons (Fsp3) is 0.368. The number of hydrogen-bond acceptors (Lipinski definition) is 4. The van der Waals surface area contributed by atoms with Crippen LogP contribution in [0.1, 0.15) is 34.5 Å². The van der Waals surface area contributed by atoms with Crippen molar-refractivity contribution in [3.63, 3.8) is 0 Å². The normalized spacial score (nSPS) is 16.8. The van der Waals surface area contributed by atoms with Crippen LogP contribution in [0.25, 0.3) is 0 Å². The lowest BCUT2D eigenvalue weighted by molar-refractivity contribution is 0.0681. The van der Waals surface area contributed by atoms with Gasteiger partial charge in [-0.2, -0.15) is 0 Å². The van der Waals surface area contributed by atoms with Gasteiger partial charge < -0.3 is 14.8 Å². The van der Waals surface area contributed by atoms with Crippen LogP contribution in [0.15, 0.2) is 36.5 Å². The van der Waals surface area contributed by atoms with E-state index in [4.69, 9.17) is 9.47 Å². The first-order valence-electron chi connectivity index (χ1n) is 8.21. The second-order valence-corrected chi connectivity index (χ2v) is 6.09. The van der Waals surface area contributed by atoms with Crippen molar-refractivity contribution in [2.75, 3.05) is 18.5 Å². The molecule has 0 radical (unpaired) electrons. The van der Waals surface area contributed by atoms with E-state index in [-0.39, 0.29) is 12.0 Å². The monoisotopic (exact) mass is 326 g/mol. The molecule has 0 spiro atoms. The molecule has 1 atom stereocenters. The van der Waals surface area contributed by atoms with E-state index in [1.807, 2.05) is 38.1 Å². The standard InChI is InChI=1S/C19H22N2O3/c1-13-5-8-17(18(10-13)24-12-16-4-3-9-23-16)21-19(22)15-7-6-14(2)20-11-15/h5-8,10-11,16H,3-4,9,12H2,1-2H3,(H,21,22). The van der Waals surface area contributed by atoms with Crippen molar-refractivity contribution in [3.05, 3.63) is 53.3 Å². The zero-order valence-electron chi connectivity index (χ0n) is 14.0. The van der Waals surface area contributed by atoms with Gasteiger partial charge in [-0.3, -0.25) is 9.78 Å². The van der Waals surface area contributed by atoms with Crippen LogP contribution in [-0.4, -0.2) is 30.2 Å². The summed E-state index contributed by atoms with van der Waals surface area (Å²) in [5.41, 5.74) is 3.13. The summed E-state index contributed by atoms with van der Waals surface area (Å²) in [6.07, 6.45) is 3.80. The Morgan fingerprint density at radius 1 is 1.33 bits per heavy atom. The Balaban J connectivity index is 1.71. The van der Waals surface area contributed by atoms with E-state index in [0.717, 1.165) is 30.7 Å². The molecule has 1 unspecified atom stereocenters. The number of nitrogens with zero attached hydrogens (tertiary/aromatic N) is 1. The second kappa shape index (κ2) is 7.45. The summed E-state index contributed by atoms with van der Waals surface area (Å²) >= 11 is 0. The molecule has 1 aliphatic heterocycles. The average Bonchev–Trinajstić information content (AvgIpc) is 3.09. The smallest absolute Gasteiger partial charge is 0.257 e. The number of aromatic nitrogens is 1. The summed E-state index contributed by atoms with van der Waals surface area (Å²) < 4.78 is 11.5. The topological polar surface area (TPSA) is 60.5 Å². The first-order valence-corrected chi connectivity index (χ1v) is 8.21. The van der Waals surface area contributed by atoms with Crippen molar-refractivity contribution in [1.29, 1.82) is 0 Å². The number of hydrogen-bond donors (Lipinski definition) is 1. The van der Waals surface area contributed by atoms with Crippen molar-refractivity contribution in [2.24, 2.45) is 0 Å². The van der Waals surface area contributed by atoms with Gasteiger partial charge in [0.25, 0.3) is 5.91 Å². The van der Waals surface area contributed by atoms with Crippen LogP contribution >= 0.6 is 0 Å². The summed E-state index contributed by atoms with van der Waals surface area (Å²) in [6, 6.07) is 9.32. The predicted octanol–water partition coefficient (Wildman–Crippen LogP) is 3.51. The van der Waals surface area contributed by atoms with E-state index in [2.05, 4.69) is 10.3 Å². The number of amides is 1. The first kappa shape index (κ1) is 16.5. The largest absolute Gasteiger partial charge is 0.489 e. The Kier molecular flexibility index (Phi) is 5.11. The minimum absolute atomic E-state index is 0.135. The molecule has 1 fully saturated rings. The third kappa shape index (κ3) is 4.11. The van der Waals surface area contributed by atoms with E-state index in [1.165, 1.54) is 0 Å². The third-order valence-electron chi connectivity index (χ3n) is 4.01. The molecule has 24 heavy (non-hydrogen) atoms. The highest BCUT2D eigenvalue weighted by atomic mass is 16.5. The maximum atomic E-state index is 12.4. The van der Waals surface area contributed by atoms with Gasteiger partial charge in [-0.25, -0.2) is 0 Å². The van der Waals surface area contributed by atoms with Gasteiger partial charge in [-0.15, -0.1) is 0 Å².